The molecule has 5 heteroatoms. The van der Waals surface area contributed by atoms with Crippen LogP contribution in [0.25, 0.3) is 0 Å². The van der Waals surface area contributed by atoms with E-state index in [0.29, 0.717) is 18.9 Å². The summed E-state index contributed by atoms with van der Waals surface area (Å²) in [6.45, 7) is 6.54. The minimum absolute atomic E-state index is 0.196. The Hall–Kier alpha value is -1.26. The summed E-state index contributed by atoms with van der Waals surface area (Å²) < 4.78 is 0. The average Bonchev–Trinajstić information content (AvgIpc) is 2.53. The first-order chi connectivity index (χ1) is 7.45. The number of likely N-dealkylation sites (tertiary alicyclic amines) is 1. The molecule has 1 saturated heterocycles. The van der Waals surface area contributed by atoms with Gasteiger partial charge in [-0.3, -0.25) is 0 Å². The van der Waals surface area contributed by atoms with Gasteiger partial charge in [-0.1, -0.05) is 13.8 Å². The standard InChI is InChI=1S/C11H20N2O3/c1-4-9(10(14)15)12-11(16)13-6-7(2)5-8(13)3/h7-9H,4-6H2,1-3H3,(H,12,16)(H,14,15)/t7?,8?,9-/m1/s1. The number of carboxylic acids is 1. The number of carbonyl (C=O) groups excluding carboxylic acids is 1. The molecule has 0 aromatic rings. The van der Waals surface area contributed by atoms with Crippen LogP contribution in [0, 0.1) is 5.92 Å². The van der Waals surface area contributed by atoms with Gasteiger partial charge in [0.05, 0.1) is 0 Å². The van der Waals surface area contributed by atoms with E-state index < -0.39 is 12.0 Å². The van der Waals surface area contributed by atoms with Gasteiger partial charge in [0.2, 0.25) is 0 Å². The quantitative estimate of drug-likeness (QED) is 0.764. The fourth-order valence-electron chi connectivity index (χ4n) is 2.15. The Bertz CT molecular complexity index is 280. The zero-order valence-electron chi connectivity index (χ0n) is 10.1. The van der Waals surface area contributed by atoms with E-state index in [1.807, 2.05) is 6.92 Å². The zero-order valence-corrected chi connectivity index (χ0v) is 10.1. The summed E-state index contributed by atoms with van der Waals surface area (Å²) >= 11 is 0. The number of rotatable bonds is 3. The minimum atomic E-state index is -0.976. The van der Waals surface area contributed by atoms with Crippen LogP contribution in [0.3, 0.4) is 0 Å². The molecule has 1 rings (SSSR count). The highest BCUT2D eigenvalue weighted by atomic mass is 16.4. The van der Waals surface area contributed by atoms with Gasteiger partial charge >= 0.3 is 12.0 Å². The molecule has 1 aliphatic rings. The molecule has 0 aromatic heterocycles. The first kappa shape index (κ1) is 12.8. The van der Waals surface area contributed by atoms with E-state index in [-0.39, 0.29) is 12.1 Å². The molecule has 0 spiro atoms. The Morgan fingerprint density at radius 2 is 2.12 bits per heavy atom. The zero-order chi connectivity index (χ0) is 12.3. The van der Waals surface area contributed by atoms with Crippen molar-refractivity contribution in [3.05, 3.63) is 0 Å². The number of carboxylic acid groups (broad SMARTS) is 1. The fourth-order valence-corrected chi connectivity index (χ4v) is 2.15. The van der Waals surface area contributed by atoms with E-state index in [1.54, 1.807) is 11.8 Å². The maximum absolute atomic E-state index is 11.8. The van der Waals surface area contributed by atoms with Gasteiger partial charge in [0.25, 0.3) is 0 Å². The van der Waals surface area contributed by atoms with E-state index in [4.69, 9.17) is 5.11 Å². The van der Waals surface area contributed by atoms with Crippen LogP contribution in [0.5, 0.6) is 0 Å². The lowest BCUT2D eigenvalue weighted by atomic mass is 10.1. The maximum atomic E-state index is 11.8. The molecule has 1 fully saturated rings. The van der Waals surface area contributed by atoms with Crippen molar-refractivity contribution in [1.29, 1.82) is 0 Å². The first-order valence-electron chi connectivity index (χ1n) is 5.75. The predicted molar refractivity (Wildman–Crippen MR) is 60.2 cm³/mol. The molecule has 2 unspecified atom stereocenters. The molecule has 92 valence electrons. The SMILES string of the molecule is CC[C@@H](NC(=O)N1CC(C)CC1C)C(=O)O. The third-order valence-electron chi connectivity index (χ3n) is 3.05. The molecular weight excluding hydrogens is 208 g/mol. The Balaban J connectivity index is 2.55. The molecule has 1 aliphatic heterocycles. The fraction of sp³-hybridized carbons (Fsp3) is 0.818. The predicted octanol–water partition coefficient (Wildman–Crippen LogP) is 1.29. The number of carbonyl (C=O) groups is 2. The number of aliphatic carboxylic acids is 1. The molecule has 0 bridgehead atoms. The number of nitrogens with one attached hydrogen (secondary N) is 1. The van der Waals surface area contributed by atoms with E-state index in [2.05, 4.69) is 12.2 Å². The number of nitrogens with zero attached hydrogens (tertiary/aromatic N) is 1. The van der Waals surface area contributed by atoms with Crippen LogP contribution < -0.4 is 5.32 Å². The Labute approximate surface area is 95.8 Å². The van der Waals surface area contributed by atoms with Crippen molar-refractivity contribution < 1.29 is 14.7 Å². The summed E-state index contributed by atoms with van der Waals surface area (Å²) in [5, 5.41) is 11.4. The van der Waals surface area contributed by atoms with Crippen molar-refractivity contribution in [3.8, 4) is 0 Å². The molecule has 0 aromatic carbocycles. The highest BCUT2D eigenvalue weighted by Crippen LogP contribution is 2.22. The Morgan fingerprint density at radius 1 is 1.50 bits per heavy atom. The minimum Gasteiger partial charge on any atom is -0.480 e. The second-order valence-corrected chi connectivity index (χ2v) is 4.59. The maximum Gasteiger partial charge on any atom is 0.326 e. The molecule has 0 aliphatic carbocycles. The summed E-state index contributed by atoms with van der Waals surface area (Å²) in [5.74, 6) is -0.485. The normalized spacial score (nSPS) is 26.6. The van der Waals surface area contributed by atoms with Gasteiger partial charge in [-0.15, -0.1) is 0 Å². The Kier molecular flexibility index (Phi) is 4.15. The van der Waals surface area contributed by atoms with E-state index in [0.717, 1.165) is 6.42 Å². The largest absolute Gasteiger partial charge is 0.480 e. The van der Waals surface area contributed by atoms with Crippen LogP contribution in [0.15, 0.2) is 0 Å². The third-order valence-corrected chi connectivity index (χ3v) is 3.05. The van der Waals surface area contributed by atoms with Crippen molar-refractivity contribution in [1.82, 2.24) is 10.2 Å². The number of hydrogen-bond acceptors (Lipinski definition) is 2. The van der Waals surface area contributed by atoms with Crippen LogP contribution in [0.1, 0.15) is 33.6 Å². The van der Waals surface area contributed by atoms with Gasteiger partial charge in [0.15, 0.2) is 0 Å². The van der Waals surface area contributed by atoms with Crippen molar-refractivity contribution >= 4 is 12.0 Å². The second kappa shape index (κ2) is 5.18. The van der Waals surface area contributed by atoms with Gasteiger partial charge < -0.3 is 15.3 Å². The van der Waals surface area contributed by atoms with Crippen molar-refractivity contribution in [2.45, 2.75) is 45.7 Å². The topological polar surface area (TPSA) is 69.6 Å². The molecule has 3 atom stereocenters. The van der Waals surface area contributed by atoms with Crippen LogP contribution in [0.4, 0.5) is 4.79 Å². The smallest absolute Gasteiger partial charge is 0.326 e. The summed E-state index contributed by atoms with van der Waals surface area (Å²) in [6, 6.07) is -0.844. The average molecular weight is 228 g/mol. The van der Waals surface area contributed by atoms with Gasteiger partial charge in [-0.25, -0.2) is 9.59 Å². The molecule has 5 nitrogen and oxygen atoms in total. The lowest BCUT2D eigenvalue weighted by Gasteiger charge is -2.24. The van der Waals surface area contributed by atoms with Crippen LogP contribution in [-0.4, -0.2) is 40.6 Å². The molecule has 0 saturated carbocycles. The molecule has 1 heterocycles. The van der Waals surface area contributed by atoms with Crippen molar-refractivity contribution in [3.63, 3.8) is 0 Å². The van der Waals surface area contributed by atoms with Gasteiger partial charge in [0.1, 0.15) is 6.04 Å². The van der Waals surface area contributed by atoms with Gasteiger partial charge in [-0.2, -0.15) is 0 Å². The van der Waals surface area contributed by atoms with Crippen molar-refractivity contribution in [2.75, 3.05) is 6.54 Å². The molecule has 2 amide bonds. The summed E-state index contributed by atoms with van der Waals surface area (Å²) in [5.41, 5.74) is 0. The molecule has 16 heavy (non-hydrogen) atoms. The highest BCUT2D eigenvalue weighted by Gasteiger charge is 2.31. The lowest BCUT2D eigenvalue weighted by molar-refractivity contribution is -0.139. The number of hydrogen-bond donors (Lipinski definition) is 2. The second-order valence-electron chi connectivity index (χ2n) is 4.59. The summed E-state index contributed by atoms with van der Waals surface area (Å²) in [7, 11) is 0. The molecule has 2 N–H and O–H groups in total. The first-order valence-corrected chi connectivity index (χ1v) is 5.75. The van der Waals surface area contributed by atoms with Crippen LogP contribution >= 0.6 is 0 Å². The van der Waals surface area contributed by atoms with Crippen molar-refractivity contribution in [2.24, 2.45) is 5.92 Å². The molecule has 0 radical (unpaired) electrons. The monoisotopic (exact) mass is 228 g/mol. The van der Waals surface area contributed by atoms with E-state index >= 15 is 0 Å². The third kappa shape index (κ3) is 2.87. The van der Waals surface area contributed by atoms with Crippen LogP contribution in [0.2, 0.25) is 0 Å². The van der Waals surface area contributed by atoms with E-state index in [1.165, 1.54) is 0 Å². The van der Waals surface area contributed by atoms with Crippen LogP contribution in [-0.2, 0) is 4.79 Å². The van der Waals surface area contributed by atoms with Gasteiger partial charge in [0, 0.05) is 12.6 Å². The number of amides is 2. The number of urea groups is 1. The summed E-state index contributed by atoms with van der Waals surface area (Å²) in [4.78, 5) is 24.3. The summed E-state index contributed by atoms with van der Waals surface area (Å²) in [6.07, 6.45) is 1.39. The lowest BCUT2D eigenvalue weighted by Crippen LogP contribution is -2.48. The van der Waals surface area contributed by atoms with E-state index in [9.17, 15) is 9.59 Å². The van der Waals surface area contributed by atoms with Gasteiger partial charge in [-0.05, 0) is 25.7 Å². The molecular formula is C11H20N2O3. The highest BCUT2D eigenvalue weighted by molar-refractivity contribution is 5.82. The Morgan fingerprint density at radius 3 is 2.50 bits per heavy atom.